The summed E-state index contributed by atoms with van der Waals surface area (Å²) in [4.78, 5) is 14.1. The molecule has 2 aliphatic rings. The highest BCUT2D eigenvalue weighted by Crippen LogP contribution is 2.54. The van der Waals surface area contributed by atoms with Gasteiger partial charge in [0.2, 0.25) is 0 Å². The first kappa shape index (κ1) is 24.7. The summed E-state index contributed by atoms with van der Waals surface area (Å²) in [5.41, 5.74) is 2.94. The van der Waals surface area contributed by atoms with Crippen LogP contribution in [0, 0.1) is 45.3 Å². The molecule has 1 amide bonds. The Morgan fingerprint density at radius 3 is 2.21 bits per heavy atom. The number of nitrogens with zero attached hydrogens (tertiary/aromatic N) is 4. The Labute approximate surface area is 195 Å². The van der Waals surface area contributed by atoms with Crippen LogP contribution in [0.25, 0.3) is 0 Å². The molecule has 0 spiro atoms. The maximum absolute atomic E-state index is 13.1. The molecule has 1 heterocycles. The van der Waals surface area contributed by atoms with Crippen LogP contribution in [0.3, 0.4) is 0 Å². The number of fused-ring (bicyclic) bond motifs is 1. The predicted octanol–water partition coefficient (Wildman–Crippen LogP) is 4.37. The van der Waals surface area contributed by atoms with E-state index >= 15 is 0 Å². The lowest BCUT2D eigenvalue weighted by Gasteiger charge is -2.45. The van der Waals surface area contributed by atoms with Crippen molar-refractivity contribution >= 4 is 6.09 Å². The molecule has 0 bridgehead atoms. The fraction of sp³-hybridized carbons (Fsp3) is 0.417. The highest BCUT2D eigenvalue weighted by atomic mass is 19.4. The molecule has 176 valence electrons. The van der Waals surface area contributed by atoms with Gasteiger partial charge in [-0.2, -0.15) is 29.0 Å². The van der Waals surface area contributed by atoms with Gasteiger partial charge < -0.3 is 15.4 Å². The van der Waals surface area contributed by atoms with Gasteiger partial charge in [-0.25, -0.2) is 4.79 Å². The van der Waals surface area contributed by atoms with E-state index in [4.69, 9.17) is 10.5 Å². The molecule has 1 aromatic carbocycles. The van der Waals surface area contributed by atoms with E-state index in [1.807, 2.05) is 18.2 Å². The monoisotopic (exact) mass is 469 g/mol. The quantitative estimate of drug-likeness (QED) is 0.651. The number of halogens is 3. The molecule has 0 saturated carbocycles. The van der Waals surface area contributed by atoms with Crippen LogP contribution in [0.1, 0.15) is 37.8 Å². The summed E-state index contributed by atoms with van der Waals surface area (Å²) in [7, 11) is 0. The third-order valence-corrected chi connectivity index (χ3v) is 5.91. The first-order valence-corrected chi connectivity index (χ1v) is 10.4. The summed E-state index contributed by atoms with van der Waals surface area (Å²) < 4.78 is 44.8. The van der Waals surface area contributed by atoms with Crippen molar-refractivity contribution in [3.05, 3.63) is 58.3 Å². The van der Waals surface area contributed by atoms with Gasteiger partial charge in [-0.1, -0.05) is 18.2 Å². The van der Waals surface area contributed by atoms with Crippen molar-refractivity contribution in [2.75, 3.05) is 13.1 Å². The Balaban J connectivity index is 2.18. The van der Waals surface area contributed by atoms with Crippen LogP contribution in [0.4, 0.5) is 18.0 Å². The second-order valence-corrected chi connectivity index (χ2v) is 9.18. The van der Waals surface area contributed by atoms with Crippen LogP contribution in [0.2, 0.25) is 0 Å². The number of hydrogen-bond acceptors (Lipinski definition) is 6. The number of ether oxygens (including phenoxy) is 1. The molecule has 10 heteroatoms. The van der Waals surface area contributed by atoms with E-state index in [0.717, 1.165) is 12.1 Å². The van der Waals surface area contributed by atoms with Gasteiger partial charge in [-0.3, -0.25) is 0 Å². The molecular formula is C24H22F3N5O2. The molecule has 34 heavy (non-hydrogen) atoms. The molecule has 1 aromatic rings. The summed E-state index contributed by atoms with van der Waals surface area (Å²) in [5.74, 6) is -1.78. The highest BCUT2D eigenvalue weighted by Gasteiger charge is 2.55. The number of nitrogens with two attached hydrogens (primary N) is 1. The Morgan fingerprint density at radius 1 is 1.15 bits per heavy atom. The van der Waals surface area contributed by atoms with E-state index in [1.165, 1.54) is 17.0 Å². The van der Waals surface area contributed by atoms with E-state index < -0.39 is 40.7 Å². The number of carbonyl (C=O) groups is 1. The molecule has 0 fully saturated rings. The fourth-order valence-corrected chi connectivity index (χ4v) is 4.41. The van der Waals surface area contributed by atoms with Gasteiger partial charge >= 0.3 is 12.3 Å². The normalized spacial score (nSPS) is 22.0. The molecule has 1 aliphatic carbocycles. The van der Waals surface area contributed by atoms with Crippen LogP contribution < -0.4 is 5.73 Å². The van der Waals surface area contributed by atoms with Crippen molar-refractivity contribution in [2.24, 2.45) is 17.1 Å². The van der Waals surface area contributed by atoms with Crippen molar-refractivity contribution in [1.29, 1.82) is 15.8 Å². The van der Waals surface area contributed by atoms with Crippen LogP contribution in [-0.2, 0) is 10.9 Å². The summed E-state index contributed by atoms with van der Waals surface area (Å²) in [6, 6.07) is 9.92. The van der Waals surface area contributed by atoms with Crippen LogP contribution in [0.15, 0.2) is 47.2 Å². The molecular weight excluding hydrogens is 447 g/mol. The number of hydrogen-bond donors (Lipinski definition) is 1. The molecule has 2 atom stereocenters. The van der Waals surface area contributed by atoms with Gasteiger partial charge in [-0.05, 0) is 44.0 Å². The molecule has 3 rings (SSSR count). The van der Waals surface area contributed by atoms with Gasteiger partial charge in [0.05, 0.1) is 29.0 Å². The van der Waals surface area contributed by atoms with E-state index in [9.17, 15) is 33.8 Å². The van der Waals surface area contributed by atoms with Gasteiger partial charge in [0, 0.05) is 24.9 Å². The largest absolute Gasteiger partial charge is 0.444 e. The minimum atomic E-state index is -4.57. The van der Waals surface area contributed by atoms with E-state index in [2.05, 4.69) is 0 Å². The molecule has 1 aliphatic heterocycles. The minimum absolute atomic E-state index is 0.0179. The molecule has 1 unspecified atom stereocenters. The van der Waals surface area contributed by atoms with E-state index in [1.54, 1.807) is 26.8 Å². The summed E-state index contributed by atoms with van der Waals surface area (Å²) in [5, 5.41) is 29.9. The van der Waals surface area contributed by atoms with Crippen LogP contribution in [0.5, 0.6) is 0 Å². The Morgan fingerprint density at radius 2 is 1.74 bits per heavy atom. The van der Waals surface area contributed by atoms with Gasteiger partial charge in [-0.15, -0.1) is 0 Å². The zero-order chi connectivity index (χ0) is 25.5. The van der Waals surface area contributed by atoms with Gasteiger partial charge in [0.25, 0.3) is 0 Å². The van der Waals surface area contributed by atoms with Crippen molar-refractivity contribution < 1.29 is 22.7 Å². The molecule has 0 aromatic heterocycles. The van der Waals surface area contributed by atoms with Crippen molar-refractivity contribution in [3.8, 4) is 18.2 Å². The Hall–Kier alpha value is -3.97. The number of alkyl halides is 3. The number of rotatable bonds is 1. The predicted molar refractivity (Wildman–Crippen MR) is 114 cm³/mol. The average molecular weight is 469 g/mol. The number of benzene rings is 1. The second kappa shape index (κ2) is 8.43. The zero-order valence-electron chi connectivity index (χ0n) is 18.8. The van der Waals surface area contributed by atoms with Crippen molar-refractivity contribution in [2.45, 2.75) is 38.5 Å². The average Bonchev–Trinajstić information content (AvgIpc) is 2.76. The van der Waals surface area contributed by atoms with Crippen LogP contribution in [-0.4, -0.2) is 29.7 Å². The lowest BCUT2D eigenvalue weighted by atomic mass is 9.58. The number of nitriles is 3. The third-order valence-electron chi connectivity index (χ3n) is 5.91. The molecule has 0 radical (unpaired) electrons. The maximum atomic E-state index is 13.1. The molecule has 7 nitrogen and oxygen atoms in total. The van der Waals surface area contributed by atoms with Crippen LogP contribution >= 0.6 is 0 Å². The second-order valence-electron chi connectivity index (χ2n) is 9.18. The van der Waals surface area contributed by atoms with Gasteiger partial charge in [0.15, 0.2) is 5.41 Å². The smallest absolute Gasteiger partial charge is 0.416 e. The van der Waals surface area contributed by atoms with Crippen molar-refractivity contribution in [3.63, 3.8) is 0 Å². The first-order chi connectivity index (χ1) is 15.8. The van der Waals surface area contributed by atoms with Crippen molar-refractivity contribution in [1.82, 2.24) is 4.90 Å². The fourth-order valence-electron chi connectivity index (χ4n) is 4.41. The van der Waals surface area contributed by atoms with E-state index in [0.29, 0.717) is 5.57 Å². The first-order valence-electron chi connectivity index (χ1n) is 10.4. The Kier molecular flexibility index (Phi) is 6.11. The molecule has 2 N–H and O–H groups in total. The maximum Gasteiger partial charge on any atom is 0.416 e. The number of carbonyl (C=O) groups excluding carboxylic acids is 1. The molecule has 0 saturated heterocycles. The Bertz CT molecular complexity index is 1170. The highest BCUT2D eigenvalue weighted by molar-refractivity contribution is 5.70. The van der Waals surface area contributed by atoms with Gasteiger partial charge in [0.1, 0.15) is 11.7 Å². The SMILES string of the molecule is CC(C)(C)OC(=O)N1CC=C2C(C#N)=C(N)C(C#N)(C#N)[C@H](c3ccc(C(F)(F)F)cc3)C2C1. The zero-order valence-corrected chi connectivity index (χ0v) is 18.8. The van der Waals surface area contributed by atoms with E-state index in [-0.39, 0.29) is 29.9 Å². The summed E-state index contributed by atoms with van der Waals surface area (Å²) in [6.45, 7) is 5.20. The summed E-state index contributed by atoms with van der Waals surface area (Å²) in [6.07, 6.45) is -3.59. The third kappa shape index (κ3) is 4.18. The number of amides is 1. The lowest BCUT2D eigenvalue weighted by molar-refractivity contribution is -0.137. The standard InChI is InChI=1S/C24H22F3N5O2/c1-22(2,3)34-21(33)32-9-8-16-17(10-28)20(31)23(12-29,13-30)19(18(16)11-32)14-4-6-15(7-5-14)24(25,26)27/h4-8,18-19H,9,11,31H2,1-3H3/t18?,19-/m1/s1. The topological polar surface area (TPSA) is 127 Å². The lowest BCUT2D eigenvalue weighted by Crippen LogP contribution is -2.50. The summed E-state index contributed by atoms with van der Waals surface area (Å²) >= 11 is 0. The number of allylic oxidation sites excluding steroid dienone is 2. The minimum Gasteiger partial charge on any atom is -0.444 e.